The molecule has 1 atom stereocenters. The summed E-state index contributed by atoms with van der Waals surface area (Å²) in [5, 5.41) is 0. The predicted molar refractivity (Wildman–Crippen MR) is 99.0 cm³/mol. The van der Waals surface area contributed by atoms with Crippen molar-refractivity contribution in [3.63, 3.8) is 0 Å². The Hall–Kier alpha value is -2.09. The number of likely N-dealkylation sites (tertiary alicyclic amines) is 1. The van der Waals surface area contributed by atoms with Crippen LogP contribution >= 0.6 is 0 Å². The van der Waals surface area contributed by atoms with Gasteiger partial charge < -0.3 is 4.90 Å². The summed E-state index contributed by atoms with van der Waals surface area (Å²) >= 11 is 0. The third-order valence-corrected chi connectivity index (χ3v) is 4.99. The fraction of sp³-hybridized carbons (Fsp3) is 0.409. The molecule has 0 N–H and O–H groups in total. The van der Waals surface area contributed by atoms with Crippen molar-refractivity contribution in [2.24, 2.45) is 0 Å². The Morgan fingerprint density at radius 3 is 2.42 bits per heavy atom. The number of nitrogens with zero attached hydrogens (tertiary/aromatic N) is 1. The molecule has 2 heteroatoms. The molecule has 2 nitrogen and oxygen atoms in total. The second-order valence-corrected chi connectivity index (χ2v) is 6.78. The summed E-state index contributed by atoms with van der Waals surface area (Å²) in [7, 11) is 0. The normalized spacial score (nSPS) is 18.2. The van der Waals surface area contributed by atoms with E-state index in [1.54, 1.807) is 0 Å². The highest BCUT2D eigenvalue weighted by Gasteiger charge is 2.22. The zero-order valence-corrected chi connectivity index (χ0v) is 14.4. The summed E-state index contributed by atoms with van der Waals surface area (Å²) in [6, 6.07) is 21.1. The highest BCUT2D eigenvalue weighted by atomic mass is 16.2. The van der Waals surface area contributed by atoms with E-state index >= 15 is 0 Å². The van der Waals surface area contributed by atoms with E-state index in [0.717, 1.165) is 32.4 Å². The summed E-state index contributed by atoms with van der Waals surface area (Å²) < 4.78 is 0. The zero-order chi connectivity index (χ0) is 16.6. The van der Waals surface area contributed by atoms with E-state index in [-0.39, 0.29) is 0 Å². The maximum atomic E-state index is 12.6. The molecule has 0 bridgehead atoms. The van der Waals surface area contributed by atoms with Crippen LogP contribution < -0.4 is 0 Å². The lowest BCUT2D eigenvalue weighted by atomic mass is 9.94. The molecular weight excluding hydrogens is 294 g/mol. The third kappa shape index (κ3) is 4.70. The zero-order valence-electron chi connectivity index (χ0n) is 14.4. The predicted octanol–water partition coefficient (Wildman–Crippen LogP) is 4.81. The van der Waals surface area contributed by atoms with Gasteiger partial charge in [-0.2, -0.15) is 0 Å². The molecule has 1 saturated heterocycles. The molecule has 1 aliphatic heterocycles. The first-order chi connectivity index (χ1) is 11.8. The summed E-state index contributed by atoms with van der Waals surface area (Å²) in [4.78, 5) is 14.8. The van der Waals surface area contributed by atoms with Gasteiger partial charge in [0.05, 0.1) is 0 Å². The van der Waals surface area contributed by atoms with Gasteiger partial charge >= 0.3 is 0 Å². The lowest BCUT2D eigenvalue weighted by Crippen LogP contribution is -2.34. The van der Waals surface area contributed by atoms with Gasteiger partial charge in [-0.05, 0) is 36.8 Å². The van der Waals surface area contributed by atoms with Gasteiger partial charge in [0.2, 0.25) is 5.91 Å². The van der Waals surface area contributed by atoms with Gasteiger partial charge in [0, 0.05) is 25.4 Å². The average molecular weight is 321 g/mol. The Kier molecular flexibility index (Phi) is 6.06. The van der Waals surface area contributed by atoms with Gasteiger partial charge in [-0.3, -0.25) is 4.79 Å². The molecule has 3 rings (SSSR count). The summed E-state index contributed by atoms with van der Waals surface area (Å²) in [5.74, 6) is 0.820. The number of hydrogen-bond acceptors (Lipinski definition) is 1. The fourth-order valence-corrected chi connectivity index (χ4v) is 3.61. The van der Waals surface area contributed by atoms with Gasteiger partial charge in [0.25, 0.3) is 0 Å². The molecule has 0 saturated carbocycles. The molecular formula is C22H27NO. The average Bonchev–Trinajstić information content (AvgIpc) is 2.90. The second kappa shape index (κ2) is 8.68. The smallest absolute Gasteiger partial charge is 0.222 e. The van der Waals surface area contributed by atoms with Crippen molar-refractivity contribution in [3.8, 4) is 0 Å². The SMILES string of the molecule is O=C(CCCc1ccccc1)N1CCCCC(c2ccccc2)C1. The van der Waals surface area contributed by atoms with Crippen LogP contribution in [-0.2, 0) is 11.2 Å². The third-order valence-electron chi connectivity index (χ3n) is 4.99. The summed E-state index contributed by atoms with van der Waals surface area (Å²) in [6.07, 6.45) is 6.13. The summed E-state index contributed by atoms with van der Waals surface area (Å²) in [6.45, 7) is 1.81. The first kappa shape index (κ1) is 16.8. The molecule has 2 aromatic carbocycles. The van der Waals surface area contributed by atoms with Crippen molar-refractivity contribution in [1.82, 2.24) is 4.90 Å². The number of carbonyl (C=O) groups excluding carboxylic acids is 1. The van der Waals surface area contributed by atoms with E-state index in [2.05, 4.69) is 59.5 Å². The van der Waals surface area contributed by atoms with Crippen molar-refractivity contribution in [3.05, 3.63) is 71.8 Å². The van der Waals surface area contributed by atoms with Crippen LogP contribution in [0.5, 0.6) is 0 Å². The fourth-order valence-electron chi connectivity index (χ4n) is 3.61. The van der Waals surface area contributed by atoms with E-state index in [1.165, 1.54) is 24.0 Å². The number of carbonyl (C=O) groups is 1. The molecule has 1 heterocycles. The minimum absolute atomic E-state index is 0.328. The molecule has 0 spiro atoms. The van der Waals surface area contributed by atoms with Crippen LogP contribution in [0, 0.1) is 0 Å². The highest BCUT2D eigenvalue weighted by Crippen LogP contribution is 2.26. The van der Waals surface area contributed by atoms with Gasteiger partial charge in [-0.1, -0.05) is 67.1 Å². The minimum Gasteiger partial charge on any atom is -0.342 e. The molecule has 0 radical (unpaired) electrons. The van der Waals surface area contributed by atoms with Crippen LogP contribution in [0.4, 0.5) is 0 Å². The van der Waals surface area contributed by atoms with Crippen LogP contribution in [0.25, 0.3) is 0 Å². The second-order valence-electron chi connectivity index (χ2n) is 6.78. The number of hydrogen-bond donors (Lipinski definition) is 0. The van der Waals surface area contributed by atoms with Gasteiger partial charge in [0.15, 0.2) is 0 Å². The van der Waals surface area contributed by atoms with Gasteiger partial charge in [-0.25, -0.2) is 0 Å². The Bertz CT molecular complexity index is 623. The van der Waals surface area contributed by atoms with E-state index in [0.29, 0.717) is 18.2 Å². The Balaban J connectivity index is 1.53. The minimum atomic E-state index is 0.328. The molecule has 126 valence electrons. The number of benzene rings is 2. The molecule has 0 aromatic heterocycles. The van der Waals surface area contributed by atoms with Crippen molar-refractivity contribution in [2.45, 2.75) is 44.4 Å². The molecule has 1 aliphatic rings. The maximum absolute atomic E-state index is 12.6. The number of aryl methyl sites for hydroxylation is 1. The van der Waals surface area contributed by atoms with Crippen LogP contribution in [0.3, 0.4) is 0 Å². The molecule has 1 unspecified atom stereocenters. The Morgan fingerprint density at radius 2 is 1.67 bits per heavy atom. The maximum Gasteiger partial charge on any atom is 0.222 e. The van der Waals surface area contributed by atoms with Crippen molar-refractivity contribution >= 4 is 5.91 Å². The Morgan fingerprint density at radius 1 is 0.958 bits per heavy atom. The van der Waals surface area contributed by atoms with Crippen molar-refractivity contribution < 1.29 is 4.79 Å². The van der Waals surface area contributed by atoms with Crippen molar-refractivity contribution in [2.75, 3.05) is 13.1 Å². The van der Waals surface area contributed by atoms with Gasteiger partial charge in [0.1, 0.15) is 0 Å². The lowest BCUT2D eigenvalue weighted by molar-refractivity contribution is -0.131. The van der Waals surface area contributed by atoms with Crippen molar-refractivity contribution in [1.29, 1.82) is 0 Å². The van der Waals surface area contributed by atoms with Gasteiger partial charge in [-0.15, -0.1) is 0 Å². The quantitative estimate of drug-likeness (QED) is 0.774. The van der Waals surface area contributed by atoms with E-state index in [4.69, 9.17) is 0 Å². The first-order valence-corrected chi connectivity index (χ1v) is 9.19. The largest absolute Gasteiger partial charge is 0.342 e. The first-order valence-electron chi connectivity index (χ1n) is 9.19. The van der Waals surface area contributed by atoms with E-state index < -0.39 is 0 Å². The lowest BCUT2D eigenvalue weighted by Gasteiger charge is -2.25. The van der Waals surface area contributed by atoms with Crippen LogP contribution in [0.2, 0.25) is 0 Å². The van der Waals surface area contributed by atoms with Crippen LogP contribution in [-0.4, -0.2) is 23.9 Å². The van der Waals surface area contributed by atoms with Crippen LogP contribution in [0.1, 0.15) is 49.1 Å². The molecule has 0 aliphatic carbocycles. The van der Waals surface area contributed by atoms with E-state index in [9.17, 15) is 4.79 Å². The standard InChI is InChI=1S/C22H27NO/c24-22(16-9-12-19-10-3-1-4-11-19)23-17-8-7-15-21(18-23)20-13-5-2-6-14-20/h1-6,10-11,13-14,21H,7-9,12,15-18H2. The van der Waals surface area contributed by atoms with Crippen LogP contribution in [0.15, 0.2) is 60.7 Å². The summed E-state index contributed by atoms with van der Waals surface area (Å²) in [5.41, 5.74) is 2.70. The molecule has 1 amide bonds. The Labute approximate surface area is 145 Å². The number of amides is 1. The monoisotopic (exact) mass is 321 g/mol. The topological polar surface area (TPSA) is 20.3 Å². The molecule has 24 heavy (non-hydrogen) atoms. The highest BCUT2D eigenvalue weighted by molar-refractivity contribution is 5.76. The van der Waals surface area contributed by atoms with E-state index in [1.807, 2.05) is 6.07 Å². The molecule has 1 fully saturated rings. The number of rotatable bonds is 5. The molecule has 2 aromatic rings.